The number of benzene rings is 3. The van der Waals surface area contributed by atoms with Crippen LogP contribution >= 0.6 is 15.9 Å². The van der Waals surface area contributed by atoms with E-state index in [4.69, 9.17) is 0 Å². The summed E-state index contributed by atoms with van der Waals surface area (Å²) in [6.07, 6.45) is 1.76. The van der Waals surface area contributed by atoms with Crippen molar-refractivity contribution in [1.82, 2.24) is 9.97 Å². The van der Waals surface area contributed by atoms with Crippen LogP contribution in [0.5, 0.6) is 0 Å². The molecular formula is C18H12BrN3. The topological polar surface area (TPSA) is 37.8 Å². The summed E-state index contributed by atoms with van der Waals surface area (Å²) in [5.74, 6) is 0.737. The molecule has 0 aliphatic heterocycles. The summed E-state index contributed by atoms with van der Waals surface area (Å²) >= 11 is 3.47. The molecule has 0 saturated carbocycles. The molecule has 1 heterocycles. The van der Waals surface area contributed by atoms with E-state index >= 15 is 0 Å². The van der Waals surface area contributed by atoms with Crippen molar-refractivity contribution < 1.29 is 0 Å². The molecule has 0 amide bonds. The molecule has 3 nitrogen and oxygen atoms in total. The maximum Gasteiger partial charge on any atom is 0.149 e. The molecule has 106 valence electrons. The molecule has 4 rings (SSSR count). The van der Waals surface area contributed by atoms with Crippen LogP contribution < -0.4 is 5.32 Å². The molecule has 1 aromatic heterocycles. The Balaban J connectivity index is 1.78. The highest BCUT2D eigenvalue weighted by Gasteiger charge is 2.03. The summed E-state index contributed by atoms with van der Waals surface area (Å²) in [6.45, 7) is 0. The highest BCUT2D eigenvalue weighted by molar-refractivity contribution is 9.10. The van der Waals surface area contributed by atoms with Gasteiger partial charge in [-0.25, -0.2) is 4.98 Å². The van der Waals surface area contributed by atoms with Gasteiger partial charge in [0.1, 0.15) is 5.82 Å². The van der Waals surface area contributed by atoms with Gasteiger partial charge in [0.05, 0.1) is 17.2 Å². The number of hydrogen-bond donors (Lipinski definition) is 1. The monoisotopic (exact) mass is 349 g/mol. The predicted molar refractivity (Wildman–Crippen MR) is 94.5 cm³/mol. The molecular weight excluding hydrogens is 338 g/mol. The van der Waals surface area contributed by atoms with Gasteiger partial charge in [0, 0.05) is 10.2 Å². The van der Waals surface area contributed by atoms with Crippen LogP contribution in [0.2, 0.25) is 0 Å². The van der Waals surface area contributed by atoms with Gasteiger partial charge in [0.15, 0.2) is 0 Å². The minimum Gasteiger partial charge on any atom is -0.339 e. The standard InChI is InChI=1S/C18H12BrN3/c19-14-6-3-7-15(10-14)21-18-11-20-16-8-12-4-1-2-5-13(12)9-17(16)22-18/h1-11H,(H,21,22). The van der Waals surface area contributed by atoms with Crippen molar-refractivity contribution in [1.29, 1.82) is 0 Å². The van der Waals surface area contributed by atoms with Gasteiger partial charge >= 0.3 is 0 Å². The van der Waals surface area contributed by atoms with Crippen molar-refractivity contribution in [2.24, 2.45) is 0 Å². The molecule has 3 aromatic carbocycles. The second kappa shape index (κ2) is 5.39. The Morgan fingerprint density at radius 3 is 2.36 bits per heavy atom. The van der Waals surface area contributed by atoms with E-state index < -0.39 is 0 Å². The third kappa shape index (κ3) is 2.53. The van der Waals surface area contributed by atoms with Crippen LogP contribution in [0.25, 0.3) is 21.8 Å². The highest BCUT2D eigenvalue weighted by Crippen LogP contribution is 2.23. The zero-order valence-electron chi connectivity index (χ0n) is 11.6. The largest absolute Gasteiger partial charge is 0.339 e. The predicted octanol–water partition coefficient (Wildman–Crippen LogP) is 5.29. The Morgan fingerprint density at radius 1 is 0.818 bits per heavy atom. The quantitative estimate of drug-likeness (QED) is 0.499. The molecule has 0 bridgehead atoms. The number of halogens is 1. The van der Waals surface area contributed by atoms with Gasteiger partial charge in [-0.05, 0) is 41.1 Å². The number of anilines is 2. The van der Waals surface area contributed by atoms with Crippen molar-refractivity contribution in [2.45, 2.75) is 0 Å². The maximum absolute atomic E-state index is 4.66. The lowest BCUT2D eigenvalue weighted by Gasteiger charge is -2.07. The lowest BCUT2D eigenvalue weighted by Crippen LogP contribution is -1.95. The smallest absolute Gasteiger partial charge is 0.149 e. The molecule has 1 N–H and O–H groups in total. The first-order chi connectivity index (χ1) is 10.8. The van der Waals surface area contributed by atoms with E-state index in [0.29, 0.717) is 0 Å². The fourth-order valence-corrected chi connectivity index (χ4v) is 2.87. The SMILES string of the molecule is Brc1cccc(Nc2cnc3cc4ccccc4cc3n2)c1. The van der Waals surface area contributed by atoms with Crippen molar-refractivity contribution in [3.05, 3.63) is 71.3 Å². The van der Waals surface area contributed by atoms with Gasteiger partial charge in [0.25, 0.3) is 0 Å². The molecule has 0 radical (unpaired) electrons. The number of nitrogens with zero attached hydrogens (tertiary/aromatic N) is 2. The minimum atomic E-state index is 0.737. The minimum absolute atomic E-state index is 0.737. The van der Waals surface area contributed by atoms with Crippen molar-refractivity contribution in [3.63, 3.8) is 0 Å². The Morgan fingerprint density at radius 2 is 1.59 bits per heavy atom. The second-order valence-corrected chi connectivity index (χ2v) is 5.99. The van der Waals surface area contributed by atoms with Crippen LogP contribution in [0.1, 0.15) is 0 Å². The second-order valence-electron chi connectivity index (χ2n) is 5.08. The molecule has 0 saturated heterocycles. The molecule has 0 atom stereocenters. The maximum atomic E-state index is 4.66. The summed E-state index contributed by atoms with van der Waals surface area (Å²) in [5, 5.41) is 5.63. The first-order valence-electron chi connectivity index (χ1n) is 6.96. The van der Waals surface area contributed by atoms with E-state index in [1.165, 1.54) is 10.8 Å². The summed E-state index contributed by atoms with van der Waals surface area (Å²) in [7, 11) is 0. The van der Waals surface area contributed by atoms with Crippen LogP contribution in [-0.4, -0.2) is 9.97 Å². The molecule has 4 aromatic rings. The Hall–Kier alpha value is -2.46. The molecule has 22 heavy (non-hydrogen) atoms. The van der Waals surface area contributed by atoms with Crippen molar-refractivity contribution in [3.8, 4) is 0 Å². The average molecular weight is 350 g/mol. The van der Waals surface area contributed by atoms with Gasteiger partial charge in [-0.3, -0.25) is 4.98 Å². The van der Waals surface area contributed by atoms with E-state index in [1.807, 2.05) is 36.4 Å². The van der Waals surface area contributed by atoms with E-state index in [0.717, 1.165) is 27.0 Å². The van der Waals surface area contributed by atoms with Crippen LogP contribution in [0.15, 0.2) is 71.3 Å². The number of fused-ring (bicyclic) bond motifs is 2. The highest BCUT2D eigenvalue weighted by atomic mass is 79.9. The van der Waals surface area contributed by atoms with Gasteiger partial charge in [-0.2, -0.15) is 0 Å². The molecule has 4 heteroatoms. The first-order valence-corrected chi connectivity index (χ1v) is 7.75. The zero-order chi connectivity index (χ0) is 14.9. The number of rotatable bonds is 2. The number of nitrogens with one attached hydrogen (secondary N) is 1. The number of hydrogen-bond acceptors (Lipinski definition) is 3. The Labute approximate surface area is 136 Å². The fourth-order valence-electron chi connectivity index (χ4n) is 2.47. The number of aromatic nitrogens is 2. The van der Waals surface area contributed by atoms with E-state index in [2.05, 4.69) is 55.5 Å². The third-order valence-corrected chi connectivity index (χ3v) is 4.00. The van der Waals surface area contributed by atoms with E-state index in [9.17, 15) is 0 Å². The normalized spacial score (nSPS) is 11.0. The van der Waals surface area contributed by atoms with Gasteiger partial charge in [-0.1, -0.05) is 46.3 Å². The zero-order valence-corrected chi connectivity index (χ0v) is 13.2. The summed E-state index contributed by atoms with van der Waals surface area (Å²) in [6, 6.07) is 20.4. The third-order valence-electron chi connectivity index (χ3n) is 3.51. The molecule has 0 unspecified atom stereocenters. The summed E-state index contributed by atoms with van der Waals surface area (Å²) in [5.41, 5.74) is 2.76. The van der Waals surface area contributed by atoms with Crippen molar-refractivity contribution in [2.75, 3.05) is 5.32 Å². The van der Waals surface area contributed by atoms with E-state index in [1.54, 1.807) is 6.20 Å². The summed E-state index contributed by atoms with van der Waals surface area (Å²) < 4.78 is 1.03. The summed E-state index contributed by atoms with van der Waals surface area (Å²) in [4.78, 5) is 9.17. The Kier molecular flexibility index (Phi) is 3.24. The van der Waals surface area contributed by atoms with Gasteiger partial charge in [-0.15, -0.1) is 0 Å². The Bertz CT molecular complexity index is 982. The van der Waals surface area contributed by atoms with Crippen LogP contribution in [0, 0.1) is 0 Å². The molecule has 0 fully saturated rings. The van der Waals surface area contributed by atoms with E-state index in [-0.39, 0.29) is 0 Å². The van der Waals surface area contributed by atoms with Crippen LogP contribution in [0.4, 0.5) is 11.5 Å². The first kappa shape index (κ1) is 13.2. The van der Waals surface area contributed by atoms with Crippen molar-refractivity contribution >= 4 is 49.2 Å². The lowest BCUT2D eigenvalue weighted by atomic mass is 10.1. The molecule has 0 spiro atoms. The molecule has 0 aliphatic rings. The molecule has 0 aliphatic carbocycles. The van der Waals surface area contributed by atoms with Crippen LogP contribution in [0.3, 0.4) is 0 Å². The van der Waals surface area contributed by atoms with Crippen LogP contribution in [-0.2, 0) is 0 Å². The lowest BCUT2D eigenvalue weighted by molar-refractivity contribution is 1.28. The van der Waals surface area contributed by atoms with Gasteiger partial charge in [0.2, 0.25) is 0 Å². The van der Waals surface area contributed by atoms with Gasteiger partial charge < -0.3 is 5.32 Å². The fraction of sp³-hybridized carbons (Fsp3) is 0. The average Bonchev–Trinajstić information content (AvgIpc) is 2.53.